The van der Waals surface area contributed by atoms with E-state index >= 15 is 0 Å². The number of piperazine rings is 1. The topological polar surface area (TPSA) is 57.7 Å². The molecule has 1 aromatic carbocycles. The molecular weight excluding hydrogens is 316 g/mol. The number of hydrogen-bond donors (Lipinski definition) is 1. The Morgan fingerprint density at radius 3 is 2.84 bits per heavy atom. The van der Waals surface area contributed by atoms with Gasteiger partial charge in [0.2, 0.25) is 0 Å². The fourth-order valence-corrected chi connectivity index (χ4v) is 3.29. The first-order valence-electron chi connectivity index (χ1n) is 8.63. The Bertz CT molecular complexity index is 772. The Morgan fingerprint density at radius 2 is 2.00 bits per heavy atom. The molecule has 1 atom stereocenters. The van der Waals surface area contributed by atoms with E-state index in [9.17, 15) is 4.79 Å². The number of fused-ring (bicyclic) bond motifs is 1. The van der Waals surface area contributed by atoms with Crippen molar-refractivity contribution in [2.75, 3.05) is 44.7 Å². The number of likely N-dealkylation sites (N-methyl/N-ethyl adjacent to an activating group) is 1. The summed E-state index contributed by atoms with van der Waals surface area (Å²) in [7, 11) is 2.12. The second-order valence-corrected chi connectivity index (χ2v) is 6.57. The van der Waals surface area contributed by atoms with Gasteiger partial charge in [-0.2, -0.15) is 0 Å². The Kier molecular flexibility index (Phi) is 4.28. The van der Waals surface area contributed by atoms with E-state index in [-0.39, 0.29) is 11.9 Å². The smallest absolute Gasteiger partial charge is 0.252 e. The zero-order valence-electron chi connectivity index (χ0n) is 14.3. The molecule has 1 unspecified atom stereocenters. The molecule has 2 aliphatic heterocycles. The van der Waals surface area contributed by atoms with Crippen molar-refractivity contribution in [2.45, 2.75) is 6.04 Å². The summed E-state index contributed by atoms with van der Waals surface area (Å²) in [5, 5.41) is 3.07. The van der Waals surface area contributed by atoms with E-state index in [1.165, 1.54) is 0 Å². The predicted octanol–water partition coefficient (Wildman–Crippen LogP) is 1.70. The molecule has 1 amide bonds. The number of aromatic nitrogens is 1. The van der Waals surface area contributed by atoms with E-state index in [1.807, 2.05) is 30.3 Å². The molecule has 4 rings (SSSR count). The average molecular weight is 338 g/mol. The highest BCUT2D eigenvalue weighted by Crippen LogP contribution is 2.31. The van der Waals surface area contributed by atoms with Crippen LogP contribution in [0, 0.1) is 0 Å². The zero-order valence-corrected chi connectivity index (χ0v) is 14.3. The van der Waals surface area contributed by atoms with Crippen molar-refractivity contribution in [1.29, 1.82) is 0 Å². The van der Waals surface area contributed by atoms with Crippen LogP contribution in [0.1, 0.15) is 22.0 Å². The second kappa shape index (κ2) is 6.72. The monoisotopic (exact) mass is 338 g/mol. The van der Waals surface area contributed by atoms with Crippen LogP contribution in [0.25, 0.3) is 0 Å². The van der Waals surface area contributed by atoms with Crippen LogP contribution in [0.15, 0.2) is 42.6 Å². The van der Waals surface area contributed by atoms with Gasteiger partial charge in [-0.1, -0.05) is 18.2 Å². The number of rotatable bonds is 3. The van der Waals surface area contributed by atoms with Gasteiger partial charge in [-0.15, -0.1) is 0 Å². The standard InChI is InChI=1S/C19H22N4O2/c1-22-8-10-23(11-9-22)18-12-14(6-7-20-18)19(24)21-16-13-25-17-5-3-2-4-15(16)17/h2-7,12,16H,8-11,13H2,1H3,(H,21,24). The molecule has 1 saturated heterocycles. The Morgan fingerprint density at radius 1 is 1.20 bits per heavy atom. The maximum Gasteiger partial charge on any atom is 0.252 e. The van der Waals surface area contributed by atoms with E-state index in [1.54, 1.807) is 12.3 Å². The number of pyridine rings is 1. The van der Waals surface area contributed by atoms with E-state index < -0.39 is 0 Å². The number of nitrogens with one attached hydrogen (secondary N) is 1. The number of ether oxygens (including phenoxy) is 1. The fourth-order valence-electron chi connectivity index (χ4n) is 3.29. The highest BCUT2D eigenvalue weighted by molar-refractivity contribution is 5.95. The lowest BCUT2D eigenvalue weighted by Gasteiger charge is -2.33. The number of para-hydroxylation sites is 1. The largest absolute Gasteiger partial charge is 0.491 e. The highest BCUT2D eigenvalue weighted by Gasteiger charge is 2.26. The number of anilines is 1. The van der Waals surface area contributed by atoms with Gasteiger partial charge in [0.05, 0.1) is 6.04 Å². The first-order chi connectivity index (χ1) is 12.2. The summed E-state index contributed by atoms with van der Waals surface area (Å²) in [5.74, 6) is 1.62. The number of hydrogen-bond acceptors (Lipinski definition) is 5. The molecule has 6 nitrogen and oxygen atoms in total. The molecule has 25 heavy (non-hydrogen) atoms. The van der Waals surface area contributed by atoms with Gasteiger partial charge in [-0.05, 0) is 25.2 Å². The third-order valence-corrected chi connectivity index (χ3v) is 4.84. The van der Waals surface area contributed by atoms with Crippen molar-refractivity contribution in [2.24, 2.45) is 0 Å². The first kappa shape index (κ1) is 15.9. The van der Waals surface area contributed by atoms with Gasteiger partial charge < -0.3 is 19.9 Å². The minimum Gasteiger partial charge on any atom is -0.491 e. The number of carbonyl (C=O) groups excluding carboxylic acids is 1. The number of nitrogens with zero attached hydrogens (tertiary/aromatic N) is 3. The van der Waals surface area contributed by atoms with Crippen molar-refractivity contribution < 1.29 is 9.53 Å². The maximum absolute atomic E-state index is 12.7. The summed E-state index contributed by atoms with van der Waals surface area (Å²) in [6.45, 7) is 4.35. The second-order valence-electron chi connectivity index (χ2n) is 6.57. The molecule has 1 N–H and O–H groups in total. The molecule has 2 aromatic rings. The molecule has 0 radical (unpaired) electrons. The van der Waals surface area contributed by atoms with Crippen molar-refractivity contribution >= 4 is 11.7 Å². The van der Waals surface area contributed by atoms with Crippen molar-refractivity contribution in [3.8, 4) is 5.75 Å². The van der Waals surface area contributed by atoms with Crippen molar-refractivity contribution in [3.63, 3.8) is 0 Å². The minimum absolute atomic E-state index is 0.0944. The summed E-state index contributed by atoms with van der Waals surface area (Å²) in [4.78, 5) is 21.6. The molecule has 0 bridgehead atoms. The van der Waals surface area contributed by atoms with Gasteiger partial charge in [-0.25, -0.2) is 4.98 Å². The van der Waals surface area contributed by atoms with Crippen LogP contribution in [-0.4, -0.2) is 55.6 Å². The van der Waals surface area contributed by atoms with E-state index in [0.717, 1.165) is 43.3 Å². The van der Waals surface area contributed by atoms with Crippen LogP contribution in [0.3, 0.4) is 0 Å². The SMILES string of the molecule is CN1CCN(c2cc(C(=O)NC3COc4ccccc43)ccn2)CC1. The van der Waals surface area contributed by atoms with Crippen LogP contribution in [0.4, 0.5) is 5.82 Å². The third-order valence-electron chi connectivity index (χ3n) is 4.84. The van der Waals surface area contributed by atoms with Crippen LogP contribution < -0.4 is 15.0 Å². The van der Waals surface area contributed by atoms with Crippen molar-refractivity contribution in [3.05, 3.63) is 53.7 Å². The van der Waals surface area contributed by atoms with Gasteiger partial charge in [0.15, 0.2) is 0 Å². The lowest BCUT2D eigenvalue weighted by molar-refractivity contribution is 0.0930. The van der Waals surface area contributed by atoms with E-state index in [4.69, 9.17) is 4.74 Å². The molecule has 6 heteroatoms. The fraction of sp³-hybridized carbons (Fsp3) is 0.368. The summed E-state index contributed by atoms with van der Waals surface area (Å²) >= 11 is 0. The van der Waals surface area contributed by atoms with Crippen molar-refractivity contribution in [1.82, 2.24) is 15.2 Å². The summed E-state index contributed by atoms with van der Waals surface area (Å²) < 4.78 is 5.64. The summed E-state index contributed by atoms with van der Waals surface area (Å²) in [6, 6.07) is 11.4. The number of carbonyl (C=O) groups is 1. The molecule has 3 heterocycles. The quantitative estimate of drug-likeness (QED) is 0.923. The van der Waals surface area contributed by atoms with Gasteiger partial charge in [0, 0.05) is 43.5 Å². The third kappa shape index (κ3) is 3.30. The first-order valence-corrected chi connectivity index (χ1v) is 8.63. The van der Waals surface area contributed by atoms with Gasteiger partial charge in [0.25, 0.3) is 5.91 Å². The lowest BCUT2D eigenvalue weighted by Crippen LogP contribution is -2.44. The van der Waals surface area contributed by atoms with Crippen LogP contribution in [-0.2, 0) is 0 Å². The molecule has 0 saturated carbocycles. The highest BCUT2D eigenvalue weighted by atomic mass is 16.5. The molecule has 2 aliphatic rings. The Hall–Kier alpha value is -2.60. The number of amides is 1. The molecule has 0 aliphatic carbocycles. The van der Waals surface area contributed by atoms with Crippen LogP contribution >= 0.6 is 0 Å². The molecule has 1 fully saturated rings. The Balaban J connectivity index is 1.47. The van der Waals surface area contributed by atoms with Gasteiger partial charge >= 0.3 is 0 Å². The average Bonchev–Trinajstić information content (AvgIpc) is 3.05. The molecular formula is C19H22N4O2. The molecule has 0 spiro atoms. The van der Waals surface area contributed by atoms with E-state index in [2.05, 4.69) is 27.1 Å². The molecule has 130 valence electrons. The van der Waals surface area contributed by atoms with Gasteiger partial charge in [-0.3, -0.25) is 4.79 Å². The van der Waals surface area contributed by atoms with E-state index in [0.29, 0.717) is 12.2 Å². The minimum atomic E-state index is -0.107. The maximum atomic E-state index is 12.7. The molecule has 1 aromatic heterocycles. The summed E-state index contributed by atoms with van der Waals surface area (Å²) in [5.41, 5.74) is 1.66. The number of benzene rings is 1. The Labute approximate surface area is 147 Å². The van der Waals surface area contributed by atoms with Crippen LogP contribution in [0.5, 0.6) is 5.75 Å². The predicted molar refractivity (Wildman–Crippen MR) is 96.1 cm³/mol. The van der Waals surface area contributed by atoms with Crippen LogP contribution in [0.2, 0.25) is 0 Å². The zero-order chi connectivity index (χ0) is 17.2. The van der Waals surface area contributed by atoms with Gasteiger partial charge in [0.1, 0.15) is 18.2 Å². The normalized spacial score (nSPS) is 20.0. The lowest BCUT2D eigenvalue weighted by atomic mass is 10.1. The summed E-state index contributed by atoms with van der Waals surface area (Å²) in [6.07, 6.45) is 1.71.